The van der Waals surface area contributed by atoms with Crippen molar-refractivity contribution < 1.29 is 0 Å². The third-order valence-corrected chi connectivity index (χ3v) is 8.42. The maximum atomic E-state index is 4.35. The van der Waals surface area contributed by atoms with Gasteiger partial charge in [0.1, 0.15) is 0 Å². The Kier molecular flexibility index (Phi) is 4.70. The largest absolute Gasteiger partial charge is 0.371 e. The molecule has 4 aliphatic heterocycles. The van der Waals surface area contributed by atoms with Gasteiger partial charge in [0.05, 0.1) is 0 Å². The fourth-order valence-corrected chi connectivity index (χ4v) is 7.13. The van der Waals surface area contributed by atoms with Crippen LogP contribution in [0.25, 0.3) is 0 Å². The topological polar surface area (TPSA) is 19.4 Å². The van der Waals surface area contributed by atoms with Crippen LogP contribution >= 0.6 is 0 Å². The molecule has 4 aliphatic rings. The van der Waals surface area contributed by atoms with Crippen molar-refractivity contribution in [3.05, 3.63) is 87.7 Å². The molecule has 0 radical (unpaired) electrons. The fraction of sp³-hybridized carbons (Fsp3) is 0.433. The molecule has 2 aromatic carbocycles. The van der Waals surface area contributed by atoms with E-state index in [1.165, 1.54) is 94.2 Å². The van der Waals surface area contributed by atoms with E-state index in [0.29, 0.717) is 0 Å². The van der Waals surface area contributed by atoms with Crippen molar-refractivity contribution in [1.29, 1.82) is 0 Å². The number of hydrogen-bond donors (Lipinski definition) is 0. The van der Waals surface area contributed by atoms with E-state index in [1.807, 2.05) is 12.4 Å². The molecule has 0 fully saturated rings. The lowest BCUT2D eigenvalue weighted by atomic mass is 9.79. The zero-order valence-corrected chi connectivity index (χ0v) is 19.5. The molecule has 0 aliphatic carbocycles. The van der Waals surface area contributed by atoms with Crippen LogP contribution in [-0.4, -0.2) is 31.2 Å². The fourth-order valence-electron chi connectivity index (χ4n) is 7.13. The molecule has 7 rings (SSSR count). The molecule has 3 heteroatoms. The molecule has 168 valence electrons. The molecule has 0 saturated carbocycles. The Morgan fingerprint density at radius 3 is 1.33 bits per heavy atom. The molecule has 33 heavy (non-hydrogen) atoms. The highest BCUT2D eigenvalue weighted by Gasteiger charge is 2.29. The number of rotatable bonds is 3. The first-order valence-electron chi connectivity index (χ1n) is 13.1. The van der Waals surface area contributed by atoms with Gasteiger partial charge in [-0.2, -0.15) is 0 Å². The lowest BCUT2D eigenvalue weighted by Crippen LogP contribution is -2.35. The van der Waals surface area contributed by atoms with Gasteiger partial charge in [-0.15, -0.1) is 0 Å². The minimum absolute atomic E-state index is 0.283. The highest BCUT2D eigenvalue weighted by atomic mass is 15.1. The molecule has 0 saturated heterocycles. The molecule has 3 nitrogen and oxygen atoms in total. The Morgan fingerprint density at radius 2 is 0.939 bits per heavy atom. The molecule has 3 aromatic rings. The van der Waals surface area contributed by atoms with Crippen molar-refractivity contribution in [1.82, 2.24) is 4.98 Å². The van der Waals surface area contributed by atoms with Crippen molar-refractivity contribution in [3.8, 4) is 0 Å². The minimum atomic E-state index is 0.283. The smallest absolute Gasteiger partial charge is 0.0431 e. The van der Waals surface area contributed by atoms with Gasteiger partial charge in [0.2, 0.25) is 0 Å². The van der Waals surface area contributed by atoms with Gasteiger partial charge in [0, 0.05) is 55.9 Å². The average molecular weight is 436 g/mol. The van der Waals surface area contributed by atoms with Gasteiger partial charge in [-0.25, -0.2) is 0 Å². The third-order valence-electron chi connectivity index (χ3n) is 8.42. The third kappa shape index (κ3) is 3.27. The summed E-state index contributed by atoms with van der Waals surface area (Å²) in [4.78, 5) is 9.65. The molecule has 1 aromatic heterocycles. The van der Waals surface area contributed by atoms with E-state index in [9.17, 15) is 0 Å². The van der Waals surface area contributed by atoms with Crippen LogP contribution in [0.15, 0.2) is 48.8 Å². The van der Waals surface area contributed by atoms with E-state index in [4.69, 9.17) is 0 Å². The zero-order valence-electron chi connectivity index (χ0n) is 19.5. The van der Waals surface area contributed by atoms with Gasteiger partial charge >= 0.3 is 0 Å². The molecule has 5 heterocycles. The predicted molar refractivity (Wildman–Crippen MR) is 136 cm³/mol. The maximum Gasteiger partial charge on any atom is 0.0431 e. The average Bonchev–Trinajstić information content (AvgIpc) is 2.86. The Balaban J connectivity index is 1.41. The van der Waals surface area contributed by atoms with Gasteiger partial charge in [-0.05, 0) is 102 Å². The van der Waals surface area contributed by atoms with E-state index in [1.54, 1.807) is 33.6 Å². The second-order valence-corrected chi connectivity index (χ2v) is 10.5. The standard InChI is InChI=1S/C30H33N3/c1-5-22-17-26(18-23-6-2-14-32(13-1)29(22)23)28(21-9-11-31-12-10-21)27-19-24-7-3-15-33-16-4-8-25(20-27)30(24)33/h9-12,17-20,28H,1-8,13-16H2. The summed E-state index contributed by atoms with van der Waals surface area (Å²) in [5, 5.41) is 0. The Hall–Kier alpha value is -2.81. The lowest BCUT2D eigenvalue weighted by Gasteiger charge is -2.39. The van der Waals surface area contributed by atoms with Crippen LogP contribution in [0.5, 0.6) is 0 Å². The molecule has 0 N–H and O–H groups in total. The number of aryl methyl sites for hydroxylation is 4. The number of aromatic nitrogens is 1. The second kappa shape index (κ2) is 7.90. The number of pyridine rings is 1. The van der Waals surface area contributed by atoms with Crippen molar-refractivity contribution in [3.63, 3.8) is 0 Å². The van der Waals surface area contributed by atoms with Crippen LogP contribution in [0, 0.1) is 0 Å². The maximum absolute atomic E-state index is 4.35. The normalized spacial score (nSPS) is 18.8. The van der Waals surface area contributed by atoms with Crippen molar-refractivity contribution in [2.24, 2.45) is 0 Å². The second-order valence-electron chi connectivity index (χ2n) is 10.5. The predicted octanol–water partition coefficient (Wildman–Crippen LogP) is 5.66. The zero-order chi connectivity index (χ0) is 21.8. The first-order valence-corrected chi connectivity index (χ1v) is 13.1. The molecule has 0 unspecified atom stereocenters. The molecular formula is C30H33N3. The summed E-state index contributed by atoms with van der Waals surface area (Å²) in [6.45, 7) is 4.94. The van der Waals surface area contributed by atoms with Crippen molar-refractivity contribution >= 4 is 11.4 Å². The molecule has 0 spiro atoms. The summed E-state index contributed by atoms with van der Waals surface area (Å²) >= 11 is 0. The summed E-state index contributed by atoms with van der Waals surface area (Å²) in [6.07, 6.45) is 14.0. The van der Waals surface area contributed by atoms with Gasteiger partial charge in [-0.1, -0.05) is 24.3 Å². The molecular weight excluding hydrogens is 402 g/mol. The minimum Gasteiger partial charge on any atom is -0.371 e. The van der Waals surface area contributed by atoms with Crippen molar-refractivity contribution in [2.75, 3.05) is 36.0 Å². The summed E-state index contributed by atoms with van der Waals surface area (Å²) in [5.41, 5.74) is 13.8. The summed E-state index contributed by atoms with van der Waals surface area (Å²) in [5.74, 6) is 0.283. The van der Waals surface area contributed by atoms with Crippen LogP contribution in [-0.2, 0) is 25.7 Å². The molecule has 0 bridgehead atoms. The van der Waals surface area contributed by atoms with Crippen LogP contribution in [0.1, 0.15) is 70.5 Å². The lowest BCUT2D eigenvalue weighted by molar-refractivity contribution is 0.630. The van der Waals surface area contributed by atoms with E-state index >= 15 is 0 Å². The Bertz CT molecular complexity index is 1060. The Labute approximate surface area is 197 Å². The molecule has 0 atom stereocenters. The number of nitrogens with zero attached hydrogens (tertiary/aromatic N) is 3. The number of benzene rings is 2. The van der Waals surface area contributed by atoms with Crippen LogP contribution < -0.4 is 9.80 Å². The van der Waals surface area contributed by atoms with Gasteiger partial charge in [0.15, 0.2) is 0 Å². The van der Waals surface area contributed by atoms with Crippen LogP contribution in [0.3, 0.4) is 0 Å². The van der Waals surface area contributed by atoms with Gasteiger partial charge in [-0.3, -0.25) is 4.98 Å². The first-order chi connectivity index (χ1) is 16.3. The monoisotopic (exact) mass is 435 g/mol. The summed E-state index contributed by atoms with van der Waals surface area (Å²) < 4.78 is 0. The highest BCUT2D eigenvalue weighted by molar-refractivity contribution is 5.68. The van der Waals surface area contributed by atoms with E-state index in [-0.39, 0.29) is 5.92 Å². The Morgan fingerprint density at radius 1 is 0.545 bits per heavy atom. The first kappa shape index (κ1) is 19.6. The quantitative estimate of drug-likeness (QED) is 0.529. The van der Waals surface area contributed by atoms with E-state index < -0.39 is 0 Å². The van der Waals surface area contributed by atoms with Crippen molar-refractivity contribution in [2.45, 2.75) is 57.3 Å². The van der Waals surface area contributed by atoms with Crippen LogP contribution in [0.4, 0.5) is 11.4 Å². The van der Waals surface area contributed by atoms with Crippen LogP contribution in [0.2, 0.25) is 0 Å². The van der Waals surface area contributed by atoms with Gasteiger partial charge in [0.25, 0.3) is 0 Å². The SMILES string of the molecule is c1cc(C(c2cc3c4c(c2)CCCN4CCC3)c2cc3c4c(c2)CCCN4CCC3)ccn1. The molecule has 0 amide bonds. The highest BCUT2D eigenvalue weighted by Crippen LogP contribution is 2.43. The van der Waals surface area contributed by atoms with E-state index in [0.717, 1.165) is 0 Å². The van der Waals surface area contributed by atoms with E-state index in [2.05, 4.69) is 51.2 Å². The summed E-state index contributed by atoms with van der Waals surface area (Å²) in [7, 11) is 0. The van der Waals surface area contributed by atoms with Gasteiger partial charge < -0.3 is 9.80 Å². The number of anilines is 2. The number of hydrogen-bond acceptors (Lipinski definition) is 3. The summed E-state index contributed by atoms with van der Waals surface area (Å²) in [6, 6.07) is 14.7.